The van der Waals surface area contributed by atoms with Gasteiger partial charge in [-0.1, -0.05) is 12.8 Å². The fourth-order valence-corrected chi connectivity index (χ4v) is 4.02. The first-order valence-electron chi connectivity index (χ1n) is 8.44. The van der Waals surface area contributed by atoms with Crippen molar-refractivity contribution in [2.24, 2.45) is 11.8 Å². The quantitative estimate of drug-likeness (QED) is 0.829. The molecule has 1 amide bonds. The van der Waals surface area contributed by atoms with E-state index in [2.05, 4.69) is 10.6 Å². The minimum absolute atomic E-state index is 0.0502. The van der Waals surface area contributed by atoms with Crippen LogP contribution in [0.3, 0.4) is 0 Å². The van der Waals surface area contributed by atoms with Gasteiger partial charge in [-0.3, -0.25) is 4.79 Å². The van der Waals surface area contributed by atoms with Crippen molar-refractivity contribution in [3.05, 3.63) is 0 Å². The highest BCUT2D eigenvalue weighted by molar-refractivity contribution is 5.81. The van der Waals surface area contributed by atoms with Crippen molar-refractivity contribution in [2.75, 3.05) is 19.8 Å². The van der Waals surface area contributed by atoms with Gasteiger partial charge >= 0.3 is 0 Å². The molecule has 0 aromatic rings. The van der Waals surface area contributed by atoms with Crippen molar-refractivity contribution < 1.29 is 9.53 Å². The fourth-order valence-electron chi connectivity index (χ4n) is 4.02. The molecule has 3 unspecified atom stereocenters. The molecule has 0 bridgehead atoms. The normalized spacial score (nSPS) is 35.3. The zero-order valence-electron chi connectivity index (χ0n) is 12.4. The van der Waals surface area contributed by atoms with Crippen LogP contribution in [0.15, 0.2) is 0 Å². The first-order valence-corrected chi connectivity index (χ1v) is 8.44. The van der Waals surface area contributed by atoms with Gasteiger partial charge in [-0.05, 0) is 50.4 Å². The number of hydrogen-bond acceptors (Lipinski definition) is 3. The van der Waals surface area contributed by atoms with Crippen molar-refractivity contribution in [1.82, 2.24) is 10.6 Å². The predicted molar refractivity (Wildman–Crippen MR) is 78.5 cm³/mol. The van der Waals surface area contributed by atoms with E-state index in [1.54, 1.807) is 0 Å². The molecule has 114 valence electrons. The SMILES string of the molecule is O=C(NCC1CCOCC1)C1CCC2CCCCC2N1. The van der Waals surface area contributed by atoms with E-state index in [9.17, 15) is 4.79 Å². The number of carbonyl (C=O) groups excluding carboxylic acids is 1. The van der Waals surface area contributed by atoms with Crippen molar-refractivity contribution in [1.29, 1.82) is 0 Å². The van der Waals surface area contributed by atoms with E-state index in [0.717, 1.165) is 44.9 Å². The average Bonchev–Trinajstić information content (AvgIpc) is 2.53. The number of ether oxygens (including phenoxy) is 1. The van der Waals surface area contributed by atoms with E-state index in [0.29, 0.717) is 12.0 Å². The Kier molecular flexibility index (Phi) is 4.94. The Balaban J connectivity index is 1.42. The van der Waals surface area contributed by atoms with Crippen molar-refractivity contribution in [3.8, 4) is 0 Å². The van der Waals surface area contributed by atoms with Gasteiger partial charge in [0.1, 0.15) is 0 Å². The van der Waals surface area contributed by atoms with Gasteiger partial charge in [0.15, 0.2) is 0 Å². The molecule has 4 nitrogen and oxygen atoms in total. The lowest BCUT2D eigenvalue weighted by Crippen LogP contribution is -2.55. The highest BCUT2D eigenvalue weighted by Crippen LogP contribution is 2.32. The smallest absolute Gasteiger partial charge is 0.237 e. The van der Waals surface area contributed by atoms with E-state index in [1.807, 2.05) is 0 Å². The van der Waals surface area contributed by atoms with Gasteiger partial charge in [-0.2, -0.15) is 0 Å². The molecular weight excluding hydrogens is 252 g/mol. The summed E-state index contributed by atoms with van der Waals surface area (Å²) in [6.07, 6.45) is 9.73. The molecule has 20 heavy (non-hydrogen) atoms. The van der Waals surface area contributed by atoms with Gasteiger partial charge < -0.3 is 15.4 Å². The summed E-state index contributed by atoms with van der Waals surface area (Å²) < 4.78 is 5.36. The summed E-state index contributed by atoms with van der Waals surface area (Å²) in [6, 6.07) is 0.644. The summed E-state index contributed by atoms with van der Waals surface area (Å²) in [4.78, 5) is 12.3. The predicted octanol–water partition coefficient (Wildman–Crippen LogP) is 1.84. The van der Waals surface area contributed by atoms with E-state index < -0.39 is 0 Å². The molecule has 2 saturated heterocycles. The van der Waals surface area contributed by atoms with Crippen LogP contribution in [-0.4, -0.2) is 37.7 Å². The van der Waals surface area contributed by atoms with Gasteiger partial charge in [0.05, 0.1) is 6.04 Å². The fraction of sp³-hybridized carbons (Fsp3) is 0.938. The molecule has 2 heterocycles. The van der Waals surface area contributed by atoms with Crippen LogP contribution >= 0.6 is 0 Å². The Labute approximate surface area is 122 Å². The third kappa shape index (κ3) is 3.53. The molecule has 2 aliphatic heterocycles. The average molecular weight is 280 g/mol. The van der Waals surface area contributed by atoms with E-state index in [4.69, 9.17) is 4.74 Å². The van der Waals surface area contributed by atoms with E-state index in [-0.39, 0.29) is 11.9 Å². The molecule has 0 aromatic carbocycles. The maximum atomic E-state index is 12.3. The lowest BCUT2D eigenvalue weighted by atomic mass is 9.77. The summed E-state index contributed by atoms with van der Waals surface area (Å²) in [5, 5.41) is 6.77. The van der Waals surface area contributed by atoms with Gasteiger partial charge in [-0.25, -0.2) is 0 Å². The lowest BCUT2D eigenvalue weighted by Gasteiger charge is -2.40. The number of carbonyl (C=O) groups is 1. The first-order chi connectivity index (χ1) is 9.83. The minimum atomic E-state index is 0.0502. The van der Waals surface area contributed by atoms with Crippen LogP contribution in [0.5, 0.6) is 0 Å². The summed E-state index contributed by atoms with van der Waals surface area (Å²) in [7, 11) is 0. The third-order valence-electron chi connectivity index (χ3n) is 5.37. The molecule has 1 saturated carbocycles. The second-order valence-electron chi connectivity index (χ2n) is 6.75. The summed E-state index contributed by atoms with van der Waals surface area (Å²) in [5.74, 6) is 1.66. The molecular formula is C16H28N2O2. The summed E-state index contributed by atoms with van der Waals surface area (Å²) in [5.41, 5.74) is 0. The first kappa shape index (κ1) is 14.3. The van der Waals surface area contributed by atoms with Crippen LogP contribution < -0.4 is 10.6 Å². The summed E-state index contributed by atoms with van der Waals surface area (Å²) in [6.45, 7) is 2.53. The van der Waals surface area contributed by atoms with Crippen LogP contribution in [0.1, 0.15) is 51.4 Å². The Bertz CT molecular complexity index is 328. The topological polar surface area (TPSA) is 50.4 Å². The number of hydrogen-bond donors (Lipinski definition) is 2. The molecule has 3 aliphatic rings. The number of nitrogens with one attached hydrogen (secondary N) is 2. The number of piperidine rings is 1. The maximum absolute atomic E-state index is 12.3. The van der Waals surface area contributed by atoms with Gasteiger partial charge in [0.25, 0.3) is 0 Å². The van der Waals surface area contributed by atoms with E-state index in [1.165, 1.54) is 32.1 Å². The van der Waals surface area contributed by atoms with Crippen LogP contribution in [0, 0.1) is 11.8 Å². The standard InChI is InChI=1S/C16H28N2O2/c19-16(17-11-12-7-9-20-10-8-12)15-6-5-13-3-1-2-4-14(13)18-15/h12-15,18H,1-11H2,(H,17,19). The molecule has 3 fully saturated rings. The molecule has 0 aromatic heterocycles. The zero-order chi connectivity index (χ0) is 13.8. The number of amides is 1. The van der Waals surface area contributed by atoms with Crippen LogP contribution in [-0.2, 0) is 9.53 Å². The molecule has 0 radical (unpaired) electrons. The Hall–Kier alpha value is -0.610. The van der Waals surface area contributed by atoms with Crippen molar-refractivity contribution >= 4 is 5.91 Å². The molecule has 4 heteroatoms. The van der Waals surface area contributed by atoms with Crippen LogP contribution in [0.4, 0.5) is 0 Å². The number of fused-ring (bicyclic) bond motifs is 1. The Morgan fingerprint density at radius 1 is 1.05 bits per heavy atom. The molecule has 3 atom stereocenters. The Morgan fingerprint density at radius 3 is 2.70 bits per heavy atom. The number of rotatable bonds is 3. The monoisotopic (exact) mass is 280 g/mol. The van der Waals surface area contributed by atoms with Gasteiger partial charge in [-0.15, -0.1) is 0 Å². The summed E-state index contributed by atoms with van der Waals surface area (Å²) >= 11 is 0. The Morgan fingerprint density at radius 2 is 1.85 bits per heavy atom. The second kappa shape index (κ2) is 6.90. The van der Waals surface area contributed by atoms with Gasteiger partial charge in [0, 0.05) is 25.8 Å². The lowest BCUT2D eigenvalue weighted by molar-refractivity contribution is -0.124. The minimum Gasteiger partial charge on any atom is -0.381 e. The van der Waals surface area contributed by atoms with Gasteiger partial charge in [0.2, 0.25) is 5.91 Å². The van der Waals surface area contributed by atoms with Crippen LogP contribution in [0.25, 0.3) is 0 Å². The second-order valence-corrected chi connectivity index (χ2v) is 6.75. The zero-order valence-corrected chi connectivity index (χ0v) is 12.4. The third-order valence-corrected chi connectivity index (χ3v) is 5.37. The van der Waals surface area contributed by atoms with E-state index >= 15 is 0 Å². The van der Waals surface area contributed by atoms with Crippen LogP contribution in [0.2, 0.25) is 0 Å². The molecule has 3 rings (SSSR count). The maximum Gasteiger partial charge on any atom is 0.237 e. The highest BCUT2D eigenvalue weighted by atomic mass is 16.5. The molecule has 2 N–H and O–H groups in total. The largest absolute Gasteiger partial charge is 0.381 e. The highest BCUT2D eigenvalue weighted by Gasteiger charge is 2.34. The van der Waals surface area contributed by atoms with Crippen molar-refractivity contribution in [2.45, 2.75) is 63.5 Å². The molecule has 1 aliphatic carbocycles. The van der Waals surface area contributed by atoms with Crippen molar-refractivity contribution in [3.63, 3.8) is 0 Å². The molecule has 0 spiro atoms.